The first-order chi connectivity index (χ1) is 11.7. The normalized spacial score (nSPS) is 13.8. The number of hydrogen-bond acceptors (Lipinski definition) is 5. The lowest BCUT2D eigenvalue weighted by Gasteiger charge is -2.15. The first-order valence-electron chi connectivity index (χ1n) is 6.70. The summed E-state index contributed by atoms with van der Waals surface area (Å²) in [4.78, 5) is 53.7. The second-order valence-corrected chi connectivity index (χ2v) is 4.95. The van der Waals surface area contributed by atoms with E-state index in [-0.39, 0.29) is 22.3 Å². The Hall–Kier alpha value is -3.43. The van der Waals surface area contributed by atoms with E-state index in [4.69, 9.17) is 0 Å². The van der Waals surface area contributed by atoms with Gasteiger partial charge < -0.3 is 9.82 Å². The number of halogens is 3. The predicted molar refractivity (Wildman–Crippen MR) is 74.4 cm³/mol. The molecule has 7 nitrogen and oxygen atoms in total. The molecule has 3 rings (SSSR count). The van der Waals surface area contributed by atoms with E-state index in [1.165, 1.54) is 24.3 Å². The Morgan fingerprint density at radius 3 is 2.12 bits per heavy atom. The fourth-order valence-electron chi connectivity index (χ4n) is 2.26. The van der Waals surface area contributed by atoms with Crippen LogP contribution in [-0.4, -0.2) is 27.8 Å². The number of hydroxylamine groups is 2. The minimum absolute atomic E-state index is 0.0437. The van der Waals surface area contributed by atoms with E-state index in [0.717, 1.165) is 0 Å². The second kappa shape index (κ2) is 5.58. The highest BCUT2D eigenvalue weighted by Gasteiger charge is 2.41. The van der Waals surface area contributed by atoms with E-state index < -0.39 is 40.6 Å². The first-order valence-corrected chi connectivity index (χ1v) is 6.70. The number of carbonyl (C=O) groups excluding carboxylic acids is 3. The average Bonchev–Trinajstić information content (AvgIpc) is 2.79. The van der Waals surface area contributed by atoms with Crippen LogP contribution in [0, 0.1) is 0 Å². The number of imide groups is 1. The molecule has 1 aromatic carbocycles. The van der Waals surface area contributed by atoms with Crippen molar-refractivity contribution in [1.29, 1.82) is 0 Å². The molecule has 1 aromatic heterocycles. The summed E-state index contributed by atoms with van der Waals surface area (Å²) >= 11 is 0. The van der Waals surface area contributed by atoms with Crippen molar-refractivity contribution < 1.29 is 32.4 Å². The van der Waals surface area contributed by atoms with Crippen LogP contribution in [0.5, 0.6) is 0 Å². The van der Waals surface area contributed by atoms with Gasteiger partial charge >= 0.3 is 12.1 Å². The summed E-state index contributed by atoms with van der Waals surface area (Å²) in [5.74, 6) is -3.57. The Balaban J connectivity index is 1.94. The van der Waals surface area contributed by atoms with Crippen molar-refractivity contribution in [3.05, 3.63) is 69.1 Å². The number of pyridine rings is 1. The summed E-state index contributed by atoms with van der Waals surface area (Å²) < 4.78 is 38.9. The van der Waals surface area contributed by atoms with Crippen molar-refractivity contribution in [2.24, 2.45) is 0 Å². The number of amides is 2. The highest BCUT2D eigenvalue weighted by Crippen LogP contribution is 2.31. The topological polar surface area (TPSA) is 96.5 Å². The summed E-state index contributed by atoms with van der Waals surface area (Å²) in [5, 5.41) is 0.0816. The maximum absolute atomic E-state index is 13.0. The van der Waals surface area contributed by atoms with Crippen LogP contribution in [0.2, 0.25) is 0 Å². The van der Waals surface area contributed by atoms with Crippen LogP contribution < -0.4 is 5.56 Å². The molecule has 1 aliphatic rings. The predicted octanol–water partition coefficient (Wildman–Crippen LogP) is 1.76. The van der Waals surface area contributed by atoms with Gasteiger partial charge in [0.2, 0.25) is 5.56 Å². The molecule has 10 heteroatoms. The van der Waals surface area contributed by atoms with E-state index in [1.54, 1.807) is 0 Å². The largest absolute Gasteiger partial charge is 0.417 e. The Morgan fingerprint density at radius 1 is 1.04 bits per heavy atom. The van der Waals surface area contributed by atoms with Gasteiger partial charge in [0.1, 0.15) is 0 Å². The molecule has 0 unspecified atom stereocenters. The summed E-state index contributed by atoms with van der Waals surface area (Å²) in [5.41, 5.74) is -3.75. The van der Waals surface area contributed by atoms with Gasteiger partial charge in [0.25, 0.3) is 11.8 Å². The van der Waals surface area contributed by atoms with Gasteiger partial charge in [0, 0.05) is 12.3 Å². The number of aromatic nitrogens is 1. The molecular weight excluding hydrogens is 345 g/mol. The number of carbonyl (C=O) groups is 3. The summed E-state index contributed by atoms with van der Waals surface area (Å²) in [6, 6.07) is 5.74. The monoisotopic (exact) mass is 352 g/mol. The van der Waals surface area contributed by atoms with E-state index in [9.17, 15) is 32.3 Å². The second-order valence-electron chi connectivity index (χ2n) is 4.95. The third-order valence-electron chi connectivity index (χ3n) is 3.38. The van der Waals surface area contributed by atoms with Crippen LogP contribution in [0.4, 0.5) is 13.2 Å². The molecule has 1 N–H and O–H groups in total. The van der Waals surface area contributed by atoms with Crippen LogP contribution in [0.25, 0.3) is 0 Å². The molecule has 0 spiro atoms. The first kappa shape index (κ1) is 16.4. The maximum atomic E-state index is 13.0. The van der Waals surface area contributed by atoms with Crippen molar-refractivity contribution in [1.82, 2.24) is 10.0 Å². The number of nitrogens with one attached hydrogen (secondary N) is 1. The fourth-order valence-corrected chi connectivity index (χ4v) is 2.26. The number of nitrogens with zero attached hydrogens (tertiary/aromatic N) is 1. The van der Waals surface area contributed by atoms with Gasteiger partial charge in [-0.15, -0.1) is 0 Å². The van der Waals surface area contributed by atoms with Crippen molar-refractivity contribution in [2.45, 2.75) is 6.18 Å². The van der Waals surface area contributed by atoms with E-state index in [1.807, 2.05) is 4.98 Å². The number of alkyl halides is 3. The molecular formula is C15H7F3N2O5. The van der Waals surface area contributed by atoms with Crippen molar-refractivity contribution >= 4 is 17.8 Å². The minimum Gasteiger partial charge on any atom is -0.328 e. The highest BCUT2D eigenvalue weighted by molar-refractivity contribution is 6.21. The van der Waals surface area contributed by atoms with Crippen molar-refractivity contribution in [3.8, 4) is 0 Å². The zero-order valence-electron chi connectivity index (χ0n) is 12.1. The number of H-pyrrole nitrogens is 1. The third kappa shape index (κ3) is 2.77. The van der Waals surface area contributed by atoms with Gasteiger partial charge in [-0.1, -0.05) is 17.2 Å². The molecule has 2 amide bonds. The third-order valence-corrected chi connectivity index (χ3v) is 3.38. The van der Waals surface area contributed by atoms with Crippen molar-refractivity contribution in [2.75, 3.05) is 0 Å². The molecule has 0 bridgehead atoms. The molecule has 25 heavy (non-hydrogen) atoms. The van der Waals surface area contributed by atoms with Crippen LogP contribution in [0.1, 0.15) is 36.6 Å². The minimum atomic E-state index is -5.01. The van der Waals surface area contributed by atoms with E-state index >= 15 is 0 Å². The number of aromatic amines is 1. The standard InChI is InChI=1S/C15H7F3N2O5/c16-15(17,18)10-5-11(21)19-6-9(10)14(24)25-20-12(22)7-3-1-2-4-8(7)13(20)23/h1-6H,(H,19,21). The number of fused-ring (bicyclic) bond motifs is 1. The Bertz CT molecular complexity index is 929. The van der Waals surface area contributed by atoms with Crippen molar-refractivity contribution in [3.63, 3.8) is 0 Å². The average molecular weight is 352 g/mol. The van der Waals surface area contributed by atoms with Crippen LogP contribution in [0.3, 0.4) is 0 Å². The molecule has 0 saturated heterocycles. The summed E-state index contributed by atoms with van der Waals surface area (Å²) in [6.45, 7) is 0. The van der Waals surface area contributed by atoms with E-state index in [2.05, 4.69) is 4.84 Å². The lowest BCUT2D eigenvalue weighted by Crippen LogP contribution is -2.33. The van der Waals surface area contributed by atoms with Gasteiger partial charge in [-0.3, -0.25) is 14.4 Å². The fraction of sp³-hybridized carbons (Fsp3) is 0.0667. The molecule has 0 saturated carbocycles. The van der Waals surface area contributed by atoms with Gasteiger partial charge in [0.15, 0.2) is 0 Å². The quantitative estimate of drug-likeness (QED) is 0.831. The molecule has 2 aromatic rings. The van der Waals surface area contributed by atoms with Gasteiger partial charge in [0.05, 0.1) is 22.3 Å². The Labute approximate surface area is 136 Å². The lowest BCUT2D eigenvalue weighted by molar-refractivity contribution is -0.138. The summed E-state index contributed by atoms with van der Waals surface area (Å²) in [7, 11) is 0. The SMILES string of the molecule is O=C(ON1C(=O)c2ccccc2C1=O)c1c[nH]c(=O)cc1C(F)(F)F. The van der Waals surface area contributed by atoms with Gasteiger partial charge in [-0.2, -0.15) is 13.2 Å². The zero-order chi connectivity index (χ0) is 18.4. The van der Waals surface area contributed by atoms with Crippen LogP contribution >= 0.6 is 0 Å². The number of hydrogen-bond donors (Lipinski definition) is 1. The molecule has 0 atom stereocenters. The van der Waals surface area contributed by atoms with Gasteiger partial charge in [-0.25, -0.2) is 4.79 Å². The molecule has 0 fully saturated rings. The van der Waals surface area contributed by atoms with Gasteiger partial charge in [-0.05, 0) is 12.1 Å². The Kier molecular flexibility index (Phi) is 3.67. The molecule has 2 heterocycles. The van der Waals surface area contributed by atoms with Crippen LogP contribution in [0.15, 0.2) is 41.3 Å². The molecule has 0 aliphatic carbocycles. The molecule has 128 valence electrons. The van der Waals surface area contributed by atoms with Crippen LogP contribution in [-0.2, 0) is 11.0 Å². The summed E-state index contributed by atoms with van der Waals surface area (Å²) in [6.07, 6.45) is -4.50. The smallest absolute Gasteiger partial charge is 0.328 e. The maximum Gasteiger partial charge on any atom is 0.417 e. The highest BCUT2D eigenvalue weighted by atomic mass is 19.4. The van der Waals surface area contributed by atoms with E-state index in [0.29, 0.717) is 6.20 Å². The number of rotatable bonds is 2. The molecule has 0 radical (unpaired) electrons. The lowest BCUT2D eigenvalue weighted by atomic mass is 10.1. The molecule has 1 aliphatic heterocycles. The number of benzene rings is 1. The Morgan fingerprint density at radius 2 is 1.60 bits per heavy atom. The zero-order valence-corrected chi connectivity index (χ0v) is 12.1.